The van der Waals surface area contributed by atoms with Crippen LogP contribution in [0.4, 0.5) is 0 Å². The number of carbonyl (C=O) groups is 1. The van der Waals surface area contributed by atoms with Crippen LogP contribution in [0.2, 0.25) is 0 Å². The number of carbonyl (C=O) groups excluding carboxylic acids is 1. The van der Waals surface area contributed by atoms with E-state index in [-0.39, 0.29) is 5.91 Å². The van der Waals surface area contributed by atoms with Gasteiger partial charge in [-0.15, -0.1) is 0 Å². The van der Waals surface area contributed by atoms with Crippen LogP contribution in [0.3, 0.4) is 0 Å². The molecule has 0 atom stereocenters. The van der Waals surface area contributed by atoms with E-state index in [1.165, 1.54) is 31.0 Å². The fourth-order valence-electron chi connectivity index (χ4n) is 1.80. The summed E-state index contributed by atoms with van der Waals surface area (Å²) in [6, 6.07) is 2.48. The lowest BCUT2D eigenvalue weighted by Crippen LogP contribution is -2.37. The van der Waals surface area contributed by atoms with Crippen molar-refractivity contribution in [2.45, 2.75) is 44.6 Å². The van der Waals surface area contributed by atoms with Crippen LogP contribution in [0.15, 0.2) is 0 Å². The molecule has 1 amide bonds. The normalized spacial score (nSPS) is 17.0. The average Bonchev–Trinajstić information content (AvgIpc) is 2.26. The van der Waals surface area contributed by atoms with Crippen LogP contribution in [0.5, 0.6) is 0 Å². The molecule has 3 nitrogen and oxygen atoms in total. The molecule has 1 fully saturated rings. The third-order valence-corrected chi connectivity index (χ3v) is 3.52. The lowest BCUT2D eigenvalue weighted by atomic mass is 9.95. The second-order valence-corrected chi connectivity index (χ2v) is 4.97. The number of nitriles is 1. The third kappa shape index (κ3) is 5.68. The molecule has 1 aliphatic carbocycles. The maximum absolute atomic E-state index is 11.5. The highest BCUT2D eigenvalue weighted by atomic mass is 32.2. The summed E-state index contributed by atoms with van der Waals surface area (Å²) >= 11 is 1.54. The monoisotopic (exact) mass is 226 g/mol. The topological polar surface area (TPSA) is 52.9 Å². The molecular formula is C11H18N2OS. The zero-order chi connectivity index (χ0) is 10.9. The van der Waals surface area contributed by atoms with Crippen molar-refractivity contribution in [2.24, 2.45) is 0 Å². The predicted octanol–water partition coefficient (Wildman–Crippen LogP) is 2.08. The molecule has 0 unspecified atom stereocenters. The maximum Gasteiger partial charge on any atom is 0.230 e. The molecule has 0 spiro atoms. The number of rotatable bonds is 5. The Morgan fingerprint density at radius 2 is 2.13 bits per heavy atom. The van der Waals surface area contributed by atoms with Gasteiger partial charge in [0.1, 0.15) is 0 Å². The third-order valence-electron chi connectivity index (χ3n) is 2.56. The summed E-state index contributed by atoms with van der Waals surface area (Å²) in [5, 5.41) is 11.4. The number of hydrogen-bond donors (Lipinski definition) is 1. The van der Waals surface area contributed by atoms with Gasteiger partial charge in [0.2, 0.25) is 5.91 Å². The number of nitrogens with zero attached hydrogens (tertiary/aromatic N) is 1. The Kier molecular flexibility index (Phi) is 6.26. The Balaban J connectivity index is 2.04. The Morgan fingerprint density at radius 1 is 1.40 bits per heavy atom. The van der Waals surface area contributed by atoms with Gasteiger partial charge >= 0.3 is 0 Å². The minimum atomic E-state index is 0.129. The van der Waals surface area contributed by atoms with E-state index >= 15 is 0 Å². The van der Waals surface area contributed by atoms with Gasteiger partial charge in [0.25, 0.3) is 0 Å². The number of amides is 1. The molecule has 0 heterocycles. The van der Waals surface area contributed by atoms with Gasteiger partial charge in [0.05, 0.1) is 11.8 Å². The summed E-state index contributed by atoms with van der Waals surface area (Å²) in [5.41, 5.74) is 0. The van der Waals surface area contributed by atoms with Crippen molar-refractivity contribution in [3.8, 4) is 6.07 Å². The van der Waals surface area contributed by atoms with Gasteiger partial charge in [-0.1, -0.05) is 19.3 Å². The average molecular weight is 226 g/mol. The predicted molar refractivity (Wildman–Crippen MR) is 62.6 cm³/mol. The molecule has 0 aromatic carbocycles. The van der Waals surface area contributed by atoms with Gasteiger partial charge in [-0.25, -0.2) is 0 Å². The molecule has 4 heteroatoms. The Bertz CT molecular complexity index is 231. The summed E-state index contributed by atoms with van der Waals surface area (Å²) in [6.07, 6.45) is 6.59. The van der Waals surface area contributed by atoms with Crippen molar-refractivity contribution in [3.63, 3.8) is 0 Å². The standard InChI is InChI=1S/C11H18N2OS/c12-7-4-8-15-9-11(14)13-10-5-2-1-3-6-10/h10H,1-6,8-9H2,(H,13,14). The van der Waals surface area contributed by atoms with Gasteiger partial charge in [0.15, 0.2) is 0 Å². The van der Waals surface area contributed by atoms with Gasteiger partial charge in [-0.3, -0.25) is 4.79 Å². The van der Waals surface area contributed by atoms with E-state index in [4.69, 9.17) is 5.26 Å². The Labute approximate surface area is 95.6 Å². The minimum absolute atomic E-state index is 0.129. The first-order chi connectivity index (χ1) is 7.33. The molecule has 1 rings (SSSR count). The lowest BCUT2D eigenvalue weighted by Gasteiger charge is -2.22. The Hall–Kier alpha value is -0.690. The van der Waals surface area contributed by atoms with Gasteiger partial charge in [-0.2, -0.15) is 17.0 Å². The van der Waals surface area contributed by atoms with Crippen LogP contribution in [0.1, 0.15) is 38.5 Å². The first-order valence-corrected chi connectivity index (χ1v) is 6.72. The van der Waals surface area contributed by atoms with Crippen molar-refractivity contribution < 1.29 is 4.79 Å². The van der Waals surface area contributed by atoms with Crippen LogP contribution in [-0.4, -0.2) is 23.5 Å². The molecule has 1 saturated carbocycles. The summed E-state index contributed by atoms with van der Waals surface area (Å²) in [4.78, 5) is 11.5. The van der Waals surface area contributed by atoms with E-state index in [9.17, 15) is 4.79 Å². The number of hydrogen-bond acceptors (Lipinski definition) is 3. The fraction of sp³-hybridized carbons (Fsp3) is 0.818. The number of nitrogens with one attached hydrogen (secondary N) is 1. The van der Waals surface area contributed by atoms with Crippen molar-refractivity contribution in [2.75, 3.05) is 11.5 Å². The molecule has 84 valence electrons. The second-order valence-electron chi connectivity index (χ2n) is 3.86. The molecule has 0 radical (unpaired) electrons. The second kappa shape index (κ2) is 7.58. The summed E-state index contributed by atoms with van der Waals surface area (Å²) < 4.78 is 0. The highest BCUT2D eigenvalue weighted by molar-refractivity contribution is 7.99. The zero-order valence-corrected chi connectivity index (χ0v) is 9.81. The van der Waals surface area contributed by atoms with Crippen molar-refractivity contribution in [1.29, 1.82) is 5.26 Å². The highest BCUT2D eigenvalue weighted by Gasteiger charge is 2.15. The fourth-order valence-corrected chi connectivity index (χ4v) is 2.45. The van der Waals surface area contributed by atoms with Crippen LogP contribution >= 0.6 is 11.8 Å². The molecule has 0 aromatic heterocycles. The molecular weight excluding hydrogens is 208 g/mol. The van der Waals surface area contributed by atoms with Crippen molar-refractivity contribution in [1.82, 2.24) is 5.32 Å². The van der Waals surface area contributed by atoms with E-state index in [1.54, 1.807) is 0 Å². The van der Waals surface area contributed by atoms with Gasteiger partial charge < -0.3 is 5.32 Å². The van der Waals surface area contributed by atoms with Gasteiger partial charge in [0, 0.05) is 18.2 Å². The highest BCUT2D eigenvalue weighted by Crippen LogP contribution is 2.17. The quantitative estimate of drug-likeness (QED) is 0.730. The zero-order valence-electron chi connectivity index (χ0n) is 9.00. The van der Waals surface area contributed by atoms with Crippen LogP contribution < -0.4 is 5.32 Å². The summed E-state index contributed by atoms with van der Waals surface area (Å²) in [6.45, 7) is 0. The molecule has 1 N–H and O–H groups in total. The molecule has 15 heavy (non-hydrogen) atoms. The molecule has 0 saturated heterocycles. The maximum atomic E-state index is 11.5. The van der Waals surface area contributed by atoms with E-state index in [0.29, 0.717) is 18.2 Å². The van der Waals surface area contributed by atoms with Gasteiger partial charge in [-0.05, 0) is 12.8 Å². The lowest BCUT2D eigenvalue weighted by molar-refractivity contribution is -0.119. The molecule has 0 aromatic rings. The summed E-state index contributed by atoms with van der Waals surface area (Å²) in [7, 11) is 0. The molecule has 1 aliphatic rings. The van der Waals surface area contributed by atoms with Crippen LogP contribution in [0, 0.1) is 11.3 Å². The Morgan fingerprint density at radius 3 is 2.80 bits per heavy atom. The van der Waals surface area contributed by atoms with E-state index < -0.39 is 0 Å². The largest absolute Gasteiger partial charge is 0.353 e. The van der Waals surface area contributed by atoms with E-state index in [1.807, 2.05) is 0 Å². The van der Waals surface area contributed by atoms with Crippen molar-refractivity contribution in [3.05, 3.63) is 0 Å². The van der Waals surface area contributed by atoms with Crippen molar-refractivity contribution >= 4 is 17.7 Å². The first kappa shape index (κ1) is 12.4. The smallest absolute Gasteiger partial charge is 0.230 e. The van der Waals surface area contributed by atoms with E-state index in [0.717, 1.165) is 18.6 Å². The van der Waals surface area contributed by atoms with Crippen LogP contribution in [0.25, 0.3) is 0 Å². The molecule has 0 bridgehead atoms. The summed E-state index contributed by atoms with van der Waals surface area (Å²) in [5.74, 6) is 1.39. The number of thioether (sulfide) groups is 1. The minimum Gasteiger partial charge on any atom is -0.353 e. The van der Waals surface area contributed by atoms with E-state index in [2.05, 4.69) is 11.4 Å². The first-order valence-electron chi connectivity index (χ1n) is 5.57. The molecule has 0 aliphatic heterocycles. The SMILES string of the molecule is N#CCCSCC(=O)NC1CCCCC1. The van der Waals surface area contributed by atoms with Crippen LogP contribution in [-0.2, 0) is 4.79 Å².